The number of carboxylic acids is 1. The van der Waals surface area contributed by atoms with Crippen molar-refractivity contribution in [3.8, 4) is 0 Å². The fourth-order valence-corrected chi connectivity index (χ4v) is 1.87. The zero-order valence-corrected chi connectivity index (χ0v) is 9.65. The normalized spacial score (nSPS) is 10.8. The van der Waals surface area contributed by atoms with Gasteiger partial charge in [-0.1, -0.05) is 15.9 Å². The van der Waals surface area contributed by atoms with E-state index in [-0.39, 0.29) is 6.54 Å². The first-order valence-corrected chi connectivity index (χ1v) is 5.21. The summed E-state index contributed by atoms with van der Waals surface area (Å²) < 4.78 is 2.44. The Hall–Kier alpha value is -1.36. The Morgan fingerprint density at radius 1 is 1.60 bits per heavy atom. The number of hydrogen-bond donors (Lipinski definition) is 1. The Balaban J connectivity index is 2.58. The van der Waals surface area contributed by atoms with Crippen molar-refractivity contribution >= 4 is 32.8 Å². The van der Waals surface area contributed by atoms with Gasteiger partial charge < -0.3 is 5.11 Å². The summed E-state index contributed by atoms with van der Waals surface area (Å²) in [6.07, 6.45) is 0. The predicted octanol–water partition coefficient (Wildman–Crippen LogP) is 2.19. The van der Waals surface area contributed by atoms with E-state index >= 15 is 0 Å². The maximum Gasteiger partial charge on any atom is 0.325 e. The molecule has 0 saturated carbocycles. The van der Waals surface area contributed by atoms with Crippen LogP contribution in [0.4, 0.5) is 0 Å². The molecule has 0 spiro atoms. The topological polar surface area (TPSA) is 55.1 Å². The van der Waals surface area contributed by atoms with E-state index in [9.17, 15) is 4.79 Å². The van der Waals surface area contributed by atoms with Crippen LogP contribution in [0, 0.1) is 6.92 Å². The molecule has 78 valence electrons. The standard InChI is InChI=1S/C10H9BrN2O2/c1-6-8-3-2-7(11)4-9(8)12-13(6)5-10(14)15/h2-4H,5H2,1H3,(H,14,15). The summed E-state index contributed by atoms with van der Waals surface area (Å²) in [6, 6.07) is 5.73. The lowest BCUT2D eigenvalue weighted by molar-refractivity contribution is -0.137. The molecule has 0 bridgehead atoms. The maximum atomic E-state index is 10.6. The van der Waals surface area contributed by atoms with Crippen LogP contribution in [0.2, 0.25) is 0 Å². The van der Waals surface area contributed by atoms with Crippen molar-refractivity contribution in [2.24, 2.45) is 0 Å². The summed E-state index contributed by atoms with van der Waals surface area (Å²) >= 11 is 3.35. The third-order valence-corrected chi connectivity index (χ3v) is 2.74. The number of carboxylic acid groups (broad SMARTS) is 1. The smallest absolute Gasteiger partial charge is 0.325 e. The average molecular weight is 269 g/mol. The molecule has 2 aromatic rings. The van der Waals surface area contributed by atoms with Gasteiger partial charge in [-0.2, -0.15) is 5.10 Å². The number of hydrogen-bond acceptors (Lipinski definition) is 2. The summed E-state index contributed by atoms with van der Waals surface area (Å²) in [7, 11) is 0. The molecule has 5 heteroatoms. The molecular weight excluding hydrogens is 260 g/mol. The third-order valence-electron chi connectivity index (χ3n) is 2.25. The molecule has 2 rings (SSSR count). The maximum absolute atomic E-state index is 10.6. The van der Waals surface area contributed by atoms with E-state index in [0.717, 1.165) is 21.1 Å². The summed E-state index contributed by atoms with van der Waals surface area (Å²) in [5.41, 5.74) is 1.68. The molecule has 0 atom stereocenters. The first kappa shape index (κ1) is 10.2. The predicted molar refractivity (Wildman–Crippen MR) is 59.8 cm³/mol. The van der Waals surface area contributed by atoms with E-state index in [2.05, 4.69) is 21.0 Å². The largest absolute Gasteiger partial charge is 0.480 e. The zero-order chi connectivity index (χ0) is 11.0. The summed E-state index contributed by atoms with van der Waals surface area (Å²) in [5, 5.41) is 13.9. The van der Waals surface area contributed by atoms with Crippen molar-refractivity contribution in [1.82, 2.24) is 9.78 Å². The molecule has 1 N–H and O–H groups in total. The molecule has 0 aliphatic heterocycles. The quantitative estimate of drug-likeness (QED) is 0.909. The lowest BCUT2D eigenvalue weighted by atomic mass is 10.2. The Bertz CT molecular complexity index is 533. The highest BCUT2D eigenvalue weighted by Crippen LogP contribution is 2.21. The van der Waals surface area contributed by atoms with Crippen molar-refractivity contribution in [3.05, 3.63) is 28.4 Å². The van der Waals surface area contributed by atoms with Gasteiger partial charge in [-0.05, 0) is 25.1 Å². The van der Waals surface area contributed by atoms with Crippen LogP contribution >= 0.6 is 15.9 Å². The summed E-state index contributed by atoms with van der Waals surface area (Å²) in [5.74, 6) is -0.884. The van der Waals surface area contributed by atoms with Crippen LogP contribution in [-0.2, 0) is 11.3 Å². The molecule has 1 aromatic carbocycles. The Labute approximate surface area is 94.6 Å². The van der Waals surface area contributed by atoms with E-state index < -0.39 is 5.97 Å². The molecular formula is C10H9BrN2O2. The van der Waals surface area contributed by atoms with E-state index in [4.69, 9.17) is 5.11 Å². The van der Waals surface area contributed by atoms with Gasteiger partial charge in [0.2, 0.25) is 0 Å². The summed E-state index contributed by atoms with van der Waals surface area (Å²) in [4.78, 5) is 10.6. The number of carbonyl (C=O) groups is 1. The monoisotopic (exact) mass is 268 g/mol. The van der Waals surface area contributed by atoms with Crippen molar-refractivity contribution in [2.75, 3.05) is 0 Å². The first-order chi connectivity index (χ1) is 7.08. The van der Waals surface area contributed by atoms with Gasteiger partial charge in [0.25, 0.3) is 0 Å². The van der Waals surface area contributed by atoms with Crippen LogP contribution in [0.5, 0.6) is 0 Å². The van der Waals surface area contributed by atoms with Crippen LogP contribution in [-0.4, -0.2) is 20.9 Å². The van der Waals surface area contributed by atoms with Gasteiger partial charge in [0.1, 0.15) is 6.54 Å². The van der Waals surface area contributed by atoms with Gasteiger partial charge in [0, 0.05) is 15.6 Å². The molecule has 0 unspecified atom stereocenters. The van der Waals surface area contributed by atoms with Gasteiger partial charge in [-0.3, -0.25) is 9.48 Å². The van der Waals surface area contributed by atoms with Crippen LogP contribution in [0.1, 0.15) is 5.69 Å². The van der Waals surface area contributed by atoms with Crippen LogP contribution < -0.4 is 0 Å². The molecule has 0 saturated heterocycles. The number of aliphatic carboxylic acids is 1. The van der Waals surface area contributed by atoms with Crippen LogP contribution in [0.3, 0.4) is 0 Å². The minimum Gasteiger partial charge on any atom is -0.480 e. The summed E-state index contributed by atoms with van der Waals surface area (Å²) in [6.45, 7) is 1.77. The number of nitrogens with zero attached hydrogens (tertiary/aromatic N) is 2. The molecule has 1 heterocycles. The minimum atomic E-state index is -0.884. The highest BCUT2D eigenvalue weighted by atomic mass is 79.9. The van der Waals surface area contributed by atoms with Crippen molar-refractivity contribution in [2.45, 2.75) is 13.5 Å². The van der Waals surface area contributed by atoms with Crippen molar-refractivity contribution in [1.29, 1.82) is 0 Å². The second-order valence-electron chi connectivity index (χ2n) is 3.30. The highest BCUT2D eigenvalue weighted by Gasteiger charge is 2.09. The van der Waals surface area contributed by atoms with Crippen molar-refractivity contribution < 1.29 is 9.90 Å². The number of aromatic nitrogens is 2. The number of halogens is 1. The number of fused-ring (bicyclic) bond motifs is 1. The second kappa shape index (κ2) is 3.66. The third kappa shape index (κ3) is 1.87. The molecule has 0 aliphatic carbocycles. The molecule has 0 aliphatic rings. The van der Waals surface area contributed by atoms with Crippen molar-refractivity contribution in [3.63, 3.8) is 0 Å². The van der Waals surface area contributed by atoms with E-state index in [0.29, 0.717) is 0 Å². The van der Waals surface area contributed by atoms with Gasteiger partial charge in [0.05, 0.1) is 5.52 Å². The number of rotatable bonds is 2. The number of benzene rings is 1. The lowest BCUT2D eigenvalue weighted by Crippen LogP contribution is -2.11. The van der Waals surface area contributed by atoms with Gasteiger partial charge >= 0.3 is 5.97 Å². The lowest BCUT2D eigenvalue weighted by Gasteiger charge is -1.98. The molecule has 15 heavy (non-hydrogen) atoms. The van der Waals surface area contributed by atoms with Crippen LogP contribution in [0.25, 0.3) is 10.9 Å². The van der Waals surface area contributed by atoms with Crippen LogP contribution in [0.15, 0.2) is 22.7 Å². The van der Waals surface area contributed by atoms with Gasteiger partial charge in [-0.25, -0.2) is 0 Å². The molecule has 0 amide bonds. The Kier molecular flexibility index (Phi) is 2.48. The van der Waals surface area contributed by atoms with Gasteiger partial charge in [0.15, 0.2) is 0 Å². The zero-order valence-electron chi connectivity index (χ0n) is 8.07. The molecule has 0 fully saturated rings. The van der Waals surface area contributed by atoms with E-state index in [1.807, 2.05) is 25.1 Å². The highest BCUT2D eigenvalue weighted by molar-refractivity contribution is 9.10. The molecule has 0 radical (unpaired) electrons. The minimum absolute atomic E-state index is 0.0991. The van der Waals surface area contributed by atoms with Gasteiger partial charge in [-0.15, -0.1) is 0 Å². The SMILES string of the molecule is Cc1c2ccc(Br)cc2nn1CC(=O)O. The van der Waals surface area contributed by atoms with E-state index in [1.165, 1.54) is 4.68 Å². The second-order valence-corrected chi connectivity index (χ2v) is 4.21. The average Bonchev–Trinajstić information content (AvgIpc) is 2.42. The Morgan fingerprint density at radius 3 is 3.00 bits per heavy atom. The first-order valence-electron chi connectivity index (χ1n) is 4.42. The number of aryl methyl sites for hydroxylation is 1. The molecule has 1 aromatic heterocycles. The fraction of sp³-hybridized carbons (Fsp3) is 0.200. The van der Waals surface area contributed by atoms with E-state index in [1.54, 1.807) is 0 Å². The fourth-order valence-electron chi connectivity index (χ4n) is 1.52. The Morgan fingerprint density at radius 2 is 2.33 bits per heavy atom. The molecule has 4 nitrogen and oxygen atoms in total.